The third kappa shape index (κ3) is 57.2. The lowest BCUT2D eigenvalue weighted by Crippen LogP contribution is -2.30. The van der Waals surface area contributed by atoms with Gasteiger partial charge in [0, 0.05) is 25.7 Å². The van der Waals surface area contributed by atoms with Crippen molar-refractivity contribution in [1.29, 1.82) is 0 Å². The fourth-order valence-electron chi connectivity index (χ4n) is 9.35. The van der Waals surface area contributed by atoms with E-state index in [4.69, 9.17) is 37.0 Å². The van der Waals surface area contributed by atoms with E-state index in [9.17, 15) is 43.2 Å². The summed E-state index contributed by atoms with van der Waals surface area (Å²) in [4.78, 5) is 72.1. The van der Waals surface area contributed by atoms with Crippen molar-refractivity contribution >= 4 is 39.5 Å². The third-order valence-electron chi connectivity index (χ3n) is 14.5. The number of esters is 4. The van der Waals surface area contributed by atoms with Gasteiger partial charge in [0.25, 0.3) is 0 Å². The Labute approximate surface area is 498 Å². The molecule has 0 aliphatic carbocycles. The first-order chi connectivity index (χ1) is 39.4. The first-order valence-corrected chi connectivity index (χ1v) is 36.0. The van der Waals surface area contributed by atoms with Crippen molar-refractivity contribution in [1.82, 2.24) is 0 Å². The van der Waals surface area contributed by atoms with E-state index in [1.54, 1.807) is 0 Å². The molecule has 5 atom stereocenters. The topological polar surface area (TPSA) is 237 Å². The zero-order chi connectivity index (χ0) is 60.8. The van der Waals surface area contributed by atoms with E-state index in [1.807, 2.05) is 0 Å². The normalized spacial score (nSPS) is 14.3. The molecule has 3 N–H and O–H groups in total. The fourth-order valence-corrected chi connectivity index (χ4v) is 10.9. The maximum absolute atomic E-state index is 13.0. The van der Waals surface area contributed by atoms with Crippen LogP contribution in [0.15, 0.2) is 0 Å². The van der Waals surface area contributed by atoms with Gasteiger partial charge in [0.15, 0.2) is 12.2 Å². The van der Waals surface area contributed by atoms with Crippen LogP contribution < -0.4 is 0 Å². The summed E-state index contributed by atoms with van der Waals surface area (Å²) < 4.78 is 67.9. The zero-order valence-corrected chi connectivity index (χ0v) is 54.6. The largest absolute Gasteiger partial charge is 0.472 e. The molecule has 82 heavy (non-hydrogen) atoms. The number of carbonyl (C=O) groups is 4. The Balaban J connectivity index is 5.22. The van der Waals surface area contributed by atoms with Crippen molar-refractivity contribution in [3.8, 4) is 0 Å². The van der Waals surface area contributed by atoms with Gasteiger partial charge >= 0.3 is 39.5 Å². The number of hydrogen-bond donors (Lipinski definition) is 3. The number of aliphatic hydroxyl groups excluding tert-OH is 1. The van der Waals surface area contributed by atoms with Crippen molar-refractivity contribution in [3.05, 3.63) is 0 Å². The second-order valence-corrected chi connectivity index (χ2v) is 26.7. The number of rotatable bonds is 62. The summed E-state index contributed by atoms with van der Waals surface area (Å²) >= 11 is 0. The molecule has 0 heterocycles. The number of aliphatic hydroxyl groups is 1. The highest BCUT2D eigenvalue weighted by Crippen LogP contribution is 2.45. The molecule has 486 valence electrons. The van der Waals surface area contributed by atoms with Gasteiger partial charge < -0.3 is 33.8 Å². The molecule has 0 spiro atoms. The van der Waals surface area contributed by atoms with Crippen molar-refractivity contribution in [2.24, 2.45) is 11.8 Å². The summed E-state index contributed by atoms with van der Waals surface area (Å²) in [6, 6.07) is 0. The number of phosphoric ester groups is 2. The summed E-state index contributed by atoms with van der Waals surface area (Å²) in [5, 5.41) is 10.5. The average Bonchev–Trinajstić information content (AvgIpc) is 3.43. The molecular formula is C63H122O17P2. The van der Waals surface area contributed by atoms with Gasteiger partial charge in [0.2, 0.25) is 0 Å². The number of ether oxygens (including phenoxy) is 4. The van der Waals surface area contributed by atoms with Crippen molar-refractivity contribution in [3.63, 3.8) is 0 Å². The predicted octanol–water partition coefficient (Wildman–Crippen LogP) is 17.3. The van der Waals surface area contributed by atoms with E-state index in [-0.39, 0.29) is 25.7 Å². The van der Waals surface area contributed by atoms with Crippen molar-refractivity contribution in [2.45, 2.75) is 330 Å². The molecule has 0 bridgehead atoms. The van der Waals surface area contributed by atoms with E-state index in [0.717, 1.165) is 102 Å². The highest BCUT2D eigenvalue weighted by molar-refractivity contribution is 7.47. The van der Waals surface area contributed by atoms with Crippen LogP contribution in [0.4, 0.5) is 0 Å². The van der Waals surface area contributed by atoms with Crippen LogP contribution in [0.25, 0.3) is 0 Å². The summed E-state index contributed by atoms with van der Waals surface area (Å²) in [6.45, 7) is 9.34. The van der Waals surface area contributed by atoms with E-state index < -0.39 is 97.5 Å². The molecule has 0 aliphatic rings. The van der Waals surface area contributed by atoms with Gasteiger partial charge in [0.1, 0.15) is 19.3 Å². The van der Waals surface area contributed by atoms with Gasteiger partial charge in [-0.15, -0.1) is 0 Å². The van der Waals surface area contributed by atoms with Crippen LogP contribution in [0.3, 0.4) is 0 Å². The summed E-state index contributed by atoms with van der Waals surface area (Å²) in [7, 11) is -9.88. The van der Waals surface area contributed by atoms with Crippen LogP contribution in [-0.2, 0) is 65.4 Å². The summed E-state index contributed by atoms with van der Waals surface area (Å²) in [5.74, 6) is -0.745. The Kier molecular flexibility index (Phi) is 54.3. The molecule has 0 aliphatic heterocycles. The van der Waals surface area contributed by atoms with Crippen LogP contribution in [0.2, 0.25) is 0 Å². The predicted molar refractivity (Wildman–Crippen MR) is 326 cm³/mol. The van der Waals surface area contributed by atoms with Gasteiger partial charge in [-0.05, 0) is 37.5 Å². The minimum absolute atomic E-state index is 0.102. The Morgan fingerprint density at radius 2 is 0.561 bits per heavy atom. The number of unbranched alkanes of at least 4 members (excludes halogenated alkanes) is 32. The SMILES string of the molecule is CCCCCCCCCCCCCCCCC(=O)O[C@H](COC(=O)CCCCCCCCCCC(C)C)COP(=O)(O)OC[C@@H](O)COP(=O)(O)OC[C@@H](COC(=O)CCCCCCCCCC)OC(=O)CCCCCCCCC(C)C. The van der Waals surface area contributed by atoms with Crippen LogP contribution in [-0.4, -0.2) is 96.7 Å². The third-order valence-corrected chi connectivity index (χ3v) is 16.4. The van der Waals surface area contributed by atoms with E-state index >= 15 is 0 Å². The summed E-state index contributed by atoms with van der Waals surface area (Å²) in [6.07, 6.45) is 37.8. The lowest BCUT2D eigenvalue weighted by atomic mass is 10.0. The quantitative estimate of drug-likeness (QED) is 0.0222. The van der Waals surface area contributed by atoms with E-state index in [0.29, 0.717) is 31.6 Å². The molecule has 0 aromatic carbocycles. The van der Waals surface area contributed by atoms with Gasteiger partial charge in [0.05, 0.1) is 26.4 Å². The van der Waals surface area contributed by atoms with Crippen LogP contribution in [0.5, 0.6) is 0 Å². The van der Waals surface area contributed by atoms with E-state index in [2.05, 4.69) is 41.5 Å². The van der Waals surface area contributed by atoms with Gasteiger partial charge in [-0.3, -0.25) is 37.3 Å². The number of carbonyl (C=O) groups excluding carboxylic acids is 4. The van der Waals surface area contributed by atoms with E-state index in [1.165, 1.54) is 122 Å². The first kappa shape index (κ1) is 80.1. The first-order valence-electron chi connectivity index (χ1n) is 33.0. The van der Waals surface area contributed by atoms with Crippen molar-refractivity contribution < 1.29 is 80.2 Å². The molecule has 0 aromatic heterocycles. The second kappa shape index (κ2) is 55.6. The standard InChI is InChI=1S/C63H122O17P2/c1-7-9-11-13-15-17-18-19-20-21-22-28-35-41-47-62(67)79-58(51-74-61(66)46-40-34-27-24-23-25-31-37-43-55(3)4)53-77-81(69,70)75-49-57(64)50-76-82(71,72)78-54-59(52-73-60(65)45-39-33-26-16-14-12-10-8-2)80-63(68)48-42-36-30-29-32-38-44-56(5)6/h55-59,64H,7-54H2,1-6H3,(H,69,70)(H,71,72)/t57-,58-,59-/m1/s1. The summed E-state index contributed by atoms with van der Waals surface area (Å²) in [5.41, 5.74) is 0. The minimum atomic E-state index is -4.94. The smallest absolute Gasteiger partial charge is 0.462 e. The number of hydrogen-bond acceptors (Lipinski definition) is 15. The molecule has 2 unspecified atom stereocenters. The van der Waals surface area contributed by atoms with Gasteiger partial charge in [-0.25, -0.2) is 9.13 Å². The lowest BCUT2D eigenvalue weighted by Gasteiger charge is -2.21. The highest BCUT2D eigenvalue weighted by atomic mass is 31.2. The minimum Gasteiger partial charge on any atom is -0.462 e. The maximum atomic E-state index is 13.0. The Hall–Kier alpha value is -1.94. The Morgan fingerprint density at radius 1 is 0.329 bits per heavy atom. The highest BCUT2D eigenvalue weighted by Gasteiger charge is 2.30. The molecule has 19 heteroatoms. The molecule has 0 amide bonds. The maximum Gasteiger partial charge on any atom is 0.472 e. The Bertz CT molecular complexity index is 1620. The second-order valence-electron chi connectivity index (χ2n) is 23.7. The van der Waals surface area contributed by atoms with Crippen molar-refractivity contribution in [2.75, 3.05) is 39.6 Å². The molecule has 0 aromatic rings. The Morgan fingerprint density at radius 3 is 0.829 bits per heavy atom. The molecule has 0 saturated heterocycles. The molecule has 0 rings (SSSR count). The average molecular weight is 1210 g/mol. The monoisotopic (exact) mass is 1210 g/mol. The van der Waals surface area contributed by atoms with Gasteiger partial charge in [-0.2, -0.15) is 0 Å². The molecule has 0 fully saturated rings. The van der Waals surface area contributed by atoms with Gasteiger partial charge in [-0.1, -0.05) is 260 Å². The van der Waals surface area contributed by atoms with Crippen LogP contribution >= 0.6 is 15.6 Å². The molecular weight excluding hydrogens is 1090 g/mol. The van der Waals surface area contributed by atoms with Crippen LogP contribution in [0, 0.1) is 11.8 Å². The fraction of sp³-hybridized carbons (Fsp3) is 0.937. The van der Waals surface area contributed by atoms with Crippen LogP contribution in [0.1, 0.15) is 311 Å². The molecule has 17 nitrogen and oxygen atoms in total. The number of phosphoric acid groups is 2. The lowest BCUT2D eigenvalue weighted by molar-refractivity contribution is -0.161. The molecule has 0 saturated carbocycles. The molecule has 0 radical (unpaired) electrons. The zero-order valence-electron chi connectivity index (χ0n) is 52.8.